The van der Waals surface area contributed by atoms with Crippen molar-refractivity contribution in [2.24, 2.45) is 0 Å². The summed E-state index contributed by atoms with van der Waals surface area (Å²) in [5.74, 6) is -1.63. The van der Waals surface area contributed by atoms with Gasteiger partial charge in [0, 0.05) is 5.56 Å². The molecule has 0 aliphatic carbocycles. The maximum absolute atomic E-state index is 12.0. The van der Waals surface area contributed by atoms with Crippen molar-refractivity contribution in [1.82, 2.24) is 10.0 Å². The van der Waals surface area contributed by atoms with Gasteiger partial charge in [-0.05, 0) is 37.7 Å². The van der Waals surface area contributed by atoms with Crippen molar-refractivity contribution < 1.29 is 23.1 Å². The molecule has 1 amide bonds. The van der Waals surface area contributed by atoms with Crippen molar-refractivity contribution in [2.45, 2.75) is 37.1 Å². The Balaban J connectivity index is 2.83. The summed E-state index contributed by atoms with van der Waals surface area (Å²) in [6.07, 6.45) is 1.87. The van der Waals surface area contributed by atoms with E-state index in [1.54, 1.807) is 0 Å². The molecule has 1 rings (SSSR count). The van der Waals surface area contributed by atoms with Crippen molar-refractivity contribution >= 4 is 21.9 Å². The Bertz CT molecular complexity index is 625. The normalized spacial score (nSPS) is 12.6. The highest BCUT2D eigenvalue weighted by atomic mass is 32.2. The number of carboxylic acids is 1. The maximum Gasteiger partial charge on any atom is 0.326 e. The van der Waals surface area contributed by atoms with Crippen LogP contribution in [0, 0.1) is 0 Å². The van der Waals surface area contributed by atoms with E-state index in [4.69, 9.17) is 5.11 Å². The first-order chi connectivity index (χ1) is 10.3. The van der Waals surface area contributed by atoms with Crippen LogP contribution in [0.1, 0.15) is 36.5 Å². The van der Waals surface area contributed by atoms with Crippen molar-refractivity contribution in [3.63, 3.8) is 0 Å². The van der Waals surface area contributed by atoms with Crippen LogP contribution in [0.15, 0.2) is 29.2 Å². The number of hydrogen-bond acceptors (Lipinski definition) is 4. The van der Waals surface area contributed by atoms with Gasteiger partial charge < -0.3 is 10.4 Å². The highest BCUT2D eigenvalue weighted by Gasteiger charge is 2.20. The molecule has 0 fully saturated rings. The van der Waals surface area contributed by atoms with Crippen LogP contribution in [-0.2, 0) is 14.8 Å². The van der Waals surface area contributed by atoms with Gasteiger partial charge in [0.15, 0.2) is 0 Å². The van der Waals surface area contributed by atoms with E-state index < -0.39 is 27.9 Å². The predicted molar refractivity (Wildman–Crippen MR) is 81.1 cm³/mol. The third-order valence-electron chi connectivity index (χ3n) is 3.15. The number of rotatable bonds is 8. The topological polar surface area (TPSA) is 113 Å². The molecule has 0 bridgehead atoms. The van der Waals surface area contributed by atoms with E-state index in [2.05, 4.69) is 10.0 Å². The average Bonchev–Trinajstić information content (AvgIpc) is 2.51. The minimum Gasteiger partial charge on any atom is -0.480 e. The van der Waals surface area contributed by atoms with Gasteiger partial charge in [-0.3, -0.25) is 4.79 Å². The van der Waals surface area contributed by atoms with E-state index in [1.165, 1.54) is 31.3 Å². The first-order valence-corrected chi connectivity index (χ1v) is 8.37. The third-order valence-corrected chi connectivity index (χ3v) is 4.58. The first kappa shape index (κ1) is 18.1. The summed E-state index contributed by atoms with van der Waals surface area (Å²) in [5.41, 5.74) is 0.206. The fourth-order valence-corrected chi connectivity index (χ4v) is 2.54. The van der Waals surface area contributed by atoms with Crippen LogP contribution in [0.4, 0.5) is 0 Å². The Morgan fingerprint density at radius 3 is 2.27 bits per heavy atom. The molecule has 0 unspecified atom stereocenters. The van der Waals surface area contributed by atoms with Crippen molar-refractivity contribution in [2.75, 3.05) is 7.05 Å². The number of amides is 1. The first-order valence-electron chi connectivity index (χ1n) is 6.89. The summed E-state index contributed by atoms with van der Waals surface area (Å²) in [6, 6.07) is 4.33. The van der Waals surface area contributed by atoms with Crippen LogP contribution in [0.2, 0.25) is 0 Å². The number of carbonyl (C=O) groups excluding carboxylic acids is 1. The van der Waals surface area contributed by atoms with Gasteiger partial charge in [-0.1, -0.05) is 19.8 Å². The molecule has 0 aliphatic rings. The number of nitrogens with one attached hydrogen (secondary N) is 2. The number of hydrogen-bond donors (Lipinski definition) is 3. The Morgan fingerprint density at radius 2 is 1.82 bits per heavy atom. The number of unbranched alkanes of at least 4 members (excludes halogenated alkanes) is 1. The molecular formula is C14H20N2O5S. The van der Waals surface area contributed by atoms with Crippen LogP contribution in [-0.4, -0.2) is 38.5 Å². The number of carbonyl (C=O) groups is 2. The zero-order chi connectivity index (χ0) is 16.8. The summed E-state index contributed by atoms with van der Waals surface area (Å²) in [5, 5.41) is 11.5. The van der Waals surface area contributed by atoms with Gasteiger partial charge in [-0.15, -0.1) is 0 Å². The highest BCUT2D eigenvalue weighted by molar-refractivity contribution is 7.89. The second kappa shape index (κ2) is 7.90. The fraction of sp³-hybridized carbons (Fsp3) is 0.429. The molecule has 1 atom stereocenters. The number of carboxylic acid groups (broad SMARTS) is 1. The Morgan fingerprint density at radius 1 is 1.23 bits per heavy atom. The molecule has 0 aliphatic heterocycles. The largest absolute Gasteiger partial charge is 0.480 e. The van der Waals surface area contributed by atoms with E-state index in [1.807, 2.05) is 6.92 Å². The number of benzene rings is 1. The van der Waals surface area contributed by atoms with Crippen LogP contribution in [0.25, 0.3) is 0 Å². The van der Waals surface area contributed by atoms with Crippen molar-refractivity contribution in [1.29, 1.82) is 0 Å². The molecule has 3 N–H and O–H groups in total. The lowest BCUT2D eigenvalue weighted by Crippen LogP contribution is -2.40. The molecule has 0 saturated heterocycles. The SMILES string of the molecule is CCCC[C@H](NC(=O)c1ccc(S(=O)(=O)NC)cc1)C(=O)O. The second-order valence-corrected chi connectivity index (χ2v) is 6.62. The van der Waals surface area contributed by atoms with Gasteiger partial charge in [0.2, 0.25) is 10.0 Å². The fourth-order valence-electron chi connectivity index (χ4n) is 1.81. The standard InChI is InChI=1S/C14H20N2O5S/c1-3-4-5-12(14(18)19)16-13(17)10-6-8-11(9-7-10)22(20,21)15-2/h6-9,12,15H,3-5H2,1-2H3,(H,16,17)(H,18,19)/t12-/m0/s1. The smallest absolute Gasteiger partial charge is 0.326 e. The number of aliphatic carboxylic acids is 1. The van der Waals surface area contributed by atoms with Gasteiger partial charge in [0.25, 0.3) is 5.91 Å². The van der Waals surface area contributed by atoms with E-state index in [0.717, 1.165) is 6.42 Å². The summed E-state index contributed by atoms with van der Waals surface area (Å²) in [4.78, 5) is 23.1. The van der Waals surface area contributed by atoms with E-state index >= 15 is 0 Å². The molecule has 122 valence electrons. The van der Waals surface area contributed by atoms with Crippen LogP contribution < -0.4 is 10.0 Å². The molecular weight excluding hydrogens is 308 g/mol. The molecule has 0 aromatic heterocycles. The van der Waals surface area contributed by atoms with Gasteiger partial charge in [-0.2, -0.15) is 0 Å². The zero-order valence-corrected chi connectivity index (χ0v) is 13.3. The van der Waals surface area contributed by atoms with E-state index in [0.29, 0.717) is 12.8 Å². The van der Waals surface area contributed by atoms with Crippen LogP contribution in [0.3, 0.4) is 0 Å². The van der Waals surface area contributed by atoms with Crippen LogP contribution >= 0.6 is 0 Å². The number of sulfonamides is 1. The Kier molecular flexibility index (Phi) is 6.51. The monoisotopic (exact) mass is 328 g/mol. The highest BCUT2D eigenvalue weighted by Crippen LogP contribution is 2.11. The Labute approximate surface area is 129 Å². The van der Waals surface area contributed by atoms with Gasteiger partial charge in [0.1, 0.15) is 6.04 Å². The van der Waals surface area contributed by atoms with Gasteiger partial charge in [-0.25, -0.2) is 17.9 Å². The molecule has 22 heavy (non-hydrogen) atoms. The van der Waals surface area contributed by atoms with E-state index in [-0.39, 0.29) is 10.5 Å². The molecule has 0 heterocycles. The van der Waals surface area contributed by atoms with Gasteiger partial charge >= 0.3 is 5.97 Å². The third kappa shape index (κ3) is 4.81. The quantitative estimate of drug-likeness (QED) is 0.658. The molecule has 1 aromatic carbocycles. The molecule has 0 saturated carbocycles. The van der Waals surface area contributed by atoms with Crippen LogP contribution in [0.5, 0.6) is 0 Å². The Hall–Kier alpha value is -1.93. The minimum absolute atomic E-state index is 0.0346. The molecule has 7 nitrogen and oxygen atoms in total. The lowest BCUT2D eigenvalue weighted by molar-refractivity contribution is -0.139. The van der Waals surface area contributed by atoms with Crippen molar-refractivity contribution in [3.05, 3.63) is 29.8 Å². The lowest BCUT2D eigenvalue weighted by Gasteiger charge is -2.14. The average molecular weight is 328 g/mol. The van der Waals surface area contributed by atoms with Gasteiger partial charge in [0.05, 0.1) is 4.90 Å². The summed E-state index contributed by atoms with van der Waals surface area (Å²) >= 11 is 0. The minimum atomic E-state index is -3.56. The molecule has 0 radical (unpaired) electrons. The predicted octanol–water partition coefficient (Wildman–Crippen LogP) is 0.968. The molecule has 0 spiro atoms. The molecule has 8 heteroatoms. The summed E-state index contributed by atoms with van der Waals surface area (Å²) in [7, 11) is -2.27. The zero-order valence-electron chi connectivity index (χ0n) is 12.5. The summed E-state index contributed by atoms with van der Waals surface area (Å²) in [6.45, 7) is 1.93. The lowest BCUT2D eigenvalue weighted by atomic mass is 10.1. The summed E-state index contributed by atoms with van der Waals surface area (Å²) < 4.78 is 25.3. The van der Waals surface area contributed by atoms with Crippen molar-refractivity contribution in [3.8, 4) is 0 Å². The maximum atomic E-state index is 12.0. The second-order valence-electron chi connectivity index (χ2n) is 4.74. The van der Waals surface area contributed by atoms with E-state index in [9.17, 15) is 18.0 Å². The molecule has 1 aromatic rings.